The van der Waals surface area contributed by atoms with Crippen LogP contribution in [-0.4, -0.2) is 22.6 Å². The molecule has 2 N–H and O–H groups in total. The average Bonchev–Trinajstić information content (AvgIpc) is 3.02. The Bertz CT molecular complexity index is 388. The van der Waals surface area contributed by atoms with Gasteiger partial charge in [-0.25, -0.2) is 4.98 Å². The Morgan fingerprint density at radius 2 is 2.38 bits per heavy atom. The molecule has 2 rings (SSSR count). The van der Waals surface area contributed by atoms with Gasteiger partial charge in [0.15, 0.2) is 0 Å². The molecule has 0 radical (unpaired) electrons. The maximum Gasteiger partial charge on any atom is 0.128 e. The van der Waals surface area contributed by atoms with Crippen molar-refractivity contribution in [1.29, 1.82) is 0 Å². The van der Waals surface area contributed by atoms with Gasteiger partial charge in [-0.05, 0) is 37.5 Å². The fourth-order valence-corrected chi connectivity index (χ4v) is 1.87. The van der Waals surface area contributed by atoms with E-state index < -0.39 is 0 Å². The van der Waals surface area contributed by atoms with Gasteiger partial charge in [-0.1, -0.05) is 12.2 Å². The maximum absolute atomic E-state index is 5.55. The molecule has 3 nitrogen and oxygen atoms in total. The quantitative estimate of drug-likeness (QED) is 0.793. The van der Waals surface area contributed by atoms with E-state index in [1.165, 1.54) is 18.4 Å². The summed E-state index contributed by atoms with van der Waals surface area (Å²) in [5.41, 5.74) is 6.80. The van der Waals surface area contributed by atoms with Gasteiger partial charge in [-0.2, -0.15) is 0 Å². The van der Waals surface area contributed by atoms with Gasteiger partial charge in [0.1, 0.15) is 5.82 Å². The zero-order valence-corrected chi connectivity index (χ0v) is 10.3. The second kappa shape index (κ2) is 4.78. The third-order valence-electron chi connectivity index (χ3n) is 2.78. The van der Waals surface area contributed by atoms with E-state index in [0.29, 0.717) is 11.0 Å². The highest BCUT2D eigenvalue weighted by atomic mass is 32.1. The number of thiocarbonyl (C=S) groups is 1. The Morgan fingerprint density at radius 1 is 1.62 bits per heavy atom. The lowest BCUT2D eigenvalue weighted by atomic mass is 10.2. The SMILES string of the molecule is Cc1ccnc(N(CCC(N)=S)C2CC2)c1. The van der Waals surface area contributed by atoms with Crippen molar-refractivity contribution < 1.29 is 0 Å². The fourth-order valence-electron chi connectivity index (χ4n) is 1.78. The molecule has 86 valence electrons. The Balaban J connectivity index is 2.09. The number of rotatable bonds is 5. The van der Waals surface area contributed by atoms with Crippen LogP contribution < -0.4 is 10.6 Å². The first-order valence-electron chi connectivity index (χ1n) is 5.64. The van der Waals surface area contributed by atoms with Crippen LogP contribution in [0.3, 0.4) is 0 Å². The van der Waals surface area contributed by atoms with Gasteiger partial charge in [0, 0.05) is 25.2 Å². The number of nitrogens with two attached hydrogens (primary N) is 1. The van der Waals surface area contributed by atoms with E-state index in [1.807, 2.05) is 12.3 Å². The summed E-state index contributed by atoms with van der Waals surface area (Å²) in [5.74, 6) is 1.05. The summed E-state index contributed by atoms with van der Waals surface area (Å²) >= 11 is 4.93. The highest BCUT2D eigenvalue weighted by molar-refractivity contribution is 7.80. The first-order chi connectivity index (χ1) is 7.66. The van der Waals surface area contributed by atoms with Gasteiger partial charge in [0.25, 0.3) is 0 Å². The van der Waals surface area contributed by atoms with E-state index in [4.69, 9.17) is 18.0 Å². The summed E-state index contributed by atoms with van der Waals surface area (Å²) in [6.45, 7) is 2.97. The van der Waals surface area contributed by atoms with Crippen molar-refractivity contribution in [2.24, 2.45) is 5.73 Å². The molecule has 0 spiro atoms. The summed E-state index contributed by atoms with van der Waals surface area (Å²) in [5, 5.41) is 0. The molecule has 1 heterocycles. The second-order valence-electron chi connectivity index (χ2n) is 4.33. The monoisotopic (exact) mass is 235 g/mol. The van der Waals surface area contributed by atoms with E-state index in [2.05, 4.69) is 22.9 Å². The zero-order chi connectivity index (χ0) is 11.5. The van der Waals surface area contributed by atoms with Crippen molar-refractivity contribution in [3.63, 3.8) is 0 Å². The van der Waals surface area contributed by atoms with Crippen LogP contribution in [0.1, 0.15) is 24.8 Å². The van der Waals surface area contributed by atoms with E-state index in [1.54, 1.807) is 0 Å². The lowest BCUT2D eigenvalue weighted by Crippen LogP contribution is -2.30. The van der Waals surface area contributed by atoms with E-state index in [9.17, 15) is 0 Å². The van der Waals surface area contributed by atoms with Crippen molar-refractivity contribution in [2.75, 3.05) is 11.4 Å². The lowest BCUT2D eigenvalue weighted by molar-refractivity contribution is 0.785. The summed E-state index contributed by atoms with van der Waals surface area (Å²) in [6, 6.07) is 4.78. The number of hydrogen-bond acceptors (Lipinski definition) is 3. The Labute approximate surface area is 102 Å². The third kappa shape index (κ3) is 2.92. The minimum atomic E-state index is 0.582. The highest BCUT2D eigenvalue weighted by Crippen LogP contribution is 2.30. The molecule has 1 fully saturated rings. The van der Waals surface area contributed by atoms with Crippen LogP contribution in [0.25, 0.3) is 0 Å². The van der Waals surface area contributed by atoms with Crippen LogP contribution in [0.4, 0.5) is 5.82 Å². The summed E-state index contributed by atoms with van der Waals surface area (Å²) in [7, 11) is 0. The number of nitrogens with zero attached hydrogens (tertiary/aromatic N) is 2. The van der Waals surface area contributed by atoms with Crippen LogP contribution >= 0.6 is 12.2 Å². The third-order valence-corrected chi connectivity index (χ3v) is 2.99. The normalized spacial score (nSPS) is 14.8. The van der Waals surface area contributed by atoms with Gasteiger partial charge in [0.05, 0.1) is 4.99 Å². The number of anilines is 1. The summed E-state index contributed by atoms with van der Waals surface area (Å²) in [4.78, 5) is 7.33. The highest BCUT2D eigenvalue weighted by Gasteiger charge is 2.29. The van der Waals surface area contributed by atoms with Crippen LogP contribution in [0.2, 0.25) is 0 Å². The minimum absolute atomic E-state index is 0.582. The predicted octanol–water partition coefficient (Wildman–Crippen LogP) is 2.04. The van der Waals surface area contributed by atoms with Crippen LogP contribution in [0.5, 0.6) is 0 Å². The molecule has 0 bridgehead atoms. The fraction of sp³-hybridized carbons (Fsp3) is 0.500. The molecule has 0 atom stereocenters. The Kier molecular flexibility index (Phi) is 3.39. The van der Waals surface area contributed by atoms with Crippen molar-refractivity contribution in [3.8, 4) is 0 Å². The Hall–Kier alpha value is -1.16. The minimum Gasteiger partial charge on any atom is -0.393 e. The second-order valence-corrected chi connectivity index (χ2v) is 4.86. The number of aryl methyl sites for hydroxylation is 1. The largest absolute Gasteiger partial charge is 0.393 e. The van der Waals surface area contributed by atoms with Crippen molar-refractivity contribution >= 4 is 23.0 Å². The van der Waals surface area contributed by atoms with E-state index in [-0.39, 0.29) is 0 Å². The van der Waals surface area contributed by atoms with Crippen LogP contribution in [0, 0.1) is 6.92 Å². The van der Waals surface area contributed by atoms with Crippen LogP contribution in [-0.2, 0) is 0 Å². The molecule has 16 heavy (non-hydrogen) atoms. The number of aromatic nitrogens is 1. The molecule has 0 amide bonds. The van der Waals surface area contributed by atoms with Crippen molar-refractivity contribution in [1.82, 2.24) is 4.98 Å². The molecule has 1 aromatic heterocycles. The molecule has 1 aliphatic rings. The van der Waals surface area contributed by atoms with Gasteiger partial charge in [-0.3, -0.25) is 0 Å². The topological polar surface area (TPSA) is 42.2 Å². The maximum atomic E-state index is 5.55. The first kappa shape index (κ1) is 11.3. The van der Waals surface area contributed by atoms with Crippen molar-refractivity contribution in [3.05, 3.63) is 23.9 Å². The molecular weight excluding hydrogens is 218 g/mol. The van der Waals surface area contributed by atoms with Crippen molar-refractivity contribution in [2.45, 2.75) is 32.2 Å². The molecule has 1 aliphatic carbocycles. The van der Waals surface area contributed by atoms with Gasteiger partial charge in [0.2, 0.25) is 0 Å². The van der Waals surface area contributed by atoms with Gasteiger partial charge in [-0.15, -0.1) is 0 Å². The van der Waals surface area contributed by atoms with Gasteiger partial charge >= 0.3 is 0 Å². The molecule has 0 unspecified atom stereocenters. The number of hydrogen-bond donors (Lipinski definition) is 1. The molecule has 1 saturated carbocycles. The lowest BCUT2D eigenvalue weighted by Gasteiger charge is -2.23. The molecular formula is C12H17N3S. The van der Waals surface area contributed by atoms with Crippen LogP contribution in [0.15, 0.2) is 18.3 Å². The van der Waals surface area contributed by atoms with E-state index >= 15 is 0 Å². The average molecular weight is 235 g/mol. The number of pyridine rings is 1. The standard InChI is InChI=1S/C12H17N3S/c1-9-4-6-14-12(8-9)15(10-2-3-10)7-5-11(13)16/h4,6,8,10H,2-3,5,7H2,1H3,(H2,13,16). The molecule has 0 saturated heterocycles. The molecule has 1 aromatic rings. The smallest absolute Gasteiger partial charge is 0.128 e. The zero-order valence-electron chi connectivity index (χ0n) is 9.52. The molecule has 0 aliphatic heterocycles. The first-order valence-corrected chi connectivity index (χ1v) is 6.05. The molecule has 0 aromatic carbocycles. The molecule has 4 heteroatoms. The van der Waals surface area contributed by atoms with Gasteiger partial charge < -0.3 is 10.6 Å². The Morgan fingerprint density at radius 3 is 2.94 bits per heavy atom. The summed E-state index contributed by atoms with van der Waals surface area (Å²) < 4.78 is 0. The van der Waals surface area contributed by atoms with E-state index in [0.717, 1.165) is 18.8 Å². The predicted molar refractivity (Wildman–Crippen MR) is 70.7 cm³/mol. The summed E-state index contributed by atoms with van der Waals surface area (Å²) in [6.07, 6.45) is 5.14.